The van der Waals surface area contributed by atoms with Gasteiger partial charge in [0.1, 0.15) is 5.75 Å². The van der Waals surface area contributed by atoms with Gasteiger partial charge >= 0.3 is 0 Å². The van der Waals surface area contributed by atoms with Crippen LogP contribution in [0.2, 0.25) is 5.02 Å². The van der Waals surface area contributed by atoms with Crippen LogP contribution in [0.1, 0.15) is 28.4 Å². The topological polar surface area (TPSA) is 38.3 Å². The molecule has 0 fully saturated rings. The molecule has 0 saturated heterocycles. The van der Waals surface area contributed by atoms with Gasteiger partial charge in [-0.3, -0.25) is 4.79 Å². The molecular formula is C22H19BrClNO2. The van der Waals surface area contributed by atoms with Gasteiger partial charge in [-0.2, -0.15) is 0 Å². The van der Waals surface area contributed by atoms with Crippen molar-refractivity contribution in [1.82, 2.24) is 0 Å². The standard InChI is InChI=1S/C22H19BrClNO2/c1-27-20-12-4-15(5-13-20)21(25-19-10-6-17(23)7-11-19)14-22(26)16-2-8-18(24)9-3-16/h2-13,21,25H,14H2,1H3. The third-order valence-electron chi connectivity index (χ3n) is 4.26. The number of hydrogen-bond acceptors (Lipinski definition) is 3. The van der Waals surface area contributed by atoms with Crippen LogP contribution in [0.4, 0.5) is 5.69 Å². The maximum absolute atomic E-state index is 12.8. The first-order chi connectivity index (χ1) is 13.0. The van der Waals surface area contributed by atoms with Gasteiger partial charge < -0.3 is 10.1 Å². The number of carbonyl (C=O) groups excluding carboxylic acids is 1. The second kappa shape index (κ2) is 9.07. The van der Waals surface area contributed by atoms with Crippen molar-refractivity contribution in [3.8, 4) is 5.75 Å². The van der Waals surface area contributed by atoms with Gasteiger partial charge in [0, 0.05) is 27.2 Å². The Morgan fingerprint density at radius 3 is 2.22 bits per heavy atom. The average molecular weight is 445 g/mol. The van der Waals surface area contributed by atoms with Gasteiger partial charge in [0.25, 0.3) is 0 Å². The zero-order chi connectivity index (χ0) is 19.2. The quantitative estimate of drug-likeness (QED) is 0.421. The minimum atomic E-state index is -0.166. The Labute approximate surface area is 172 Å². The Kier molecular flexibility index (Phi) is 6.54. The molecule has 1 unspecified atom stereocenters. The van der Waals surface area contributed by atoms with Crippen molar-refractivity contribution >= 4 is 39.0 Å². The predicted molar refractivity (Wildman–Crippen MR) is 114 cm³/mol. The molecule has 0 aliphatic rings. The molecule has 0 heterocycles. The normalized spacial score (nSPS) is 11.7. The van der Waals surface area contributed by atoms with E-state index in [1.807, 2.05) is 48.5 Å². The predicted octanol–water partition coefficient (Wildman–Crippen LogP) is 6.54. The van der Waals surface area contributed by atoms with E-state index in [1.54, 1.807) is 31.4 Å². The summed E-state index contributed by atoms with van der Waals surface area (Å²) in [5.74, 6) is 0.835. The van der Waals surface area contributed by atoms with Crippen LogP contribution in [0.15, 0.2) is 77.3 Å². The Morgan fingerprint density at radius 1 is 1.00 bits per heavy atom. The fraction of sp³-hybridized carbons (Fsp3) is 0.136. The number of ether oxygens (including phenoxy) is 1. The second-order valence-electron chi connectivity index (χ2n) is 6.11. The molecule has 5 heteroatoms. The first-order valence-corrected chi connectivity index (χ1v) is 9.67. The van der Waals surface area contributed by atoms with Crippen molar-refractivity contribution in [1.29, 1.82) is 0 Å². The first-order valence-electron chi connectivity index (χ1n) is 8.50. The minimum absolute atomic E-state index is 0.0529. The second-order valence-corrected chi connectivity index (χ2v) is 7.46. The highest BCUT2D eigenvalue weighted by Crippen LogP contribution is 2.27. The van der Waals surface area contributed by atoms with E-state index < -0.39 is 0 Å². The lowest BCUT2D eigenvalue weighted by Crippen LogP contribution is -2.16. The molecule has 138 valence electrons. The largest absolute Gasteiger partial charge is 0.497 e. The molecule has 27 heavy (non-hydrogen) atoms. The molecule has 0 spiro atoms. The summed E-state index contributed by atoms with van der Waals surface area (Å²) in [5.41, 5.74) is 2.61. The van der Waals surface area contributed by atoms with E-state index in [-0.39, 0.29) is 11.8 Å². The number of Topliss-reactive ketones (excluding diaryl/α,β-unsaturated/α-hetero) is 1. The fourth-order valence-electron chi connectivity index (χ4n) is 2.77. The van der Waals surface area contributed by atoms with E-state index >= 15 is 0 Å². The number of nitrogens with one attached hydrogen (secondary N) is 1. The molecule has 0 aliphatic carbocycles. The van der Waals surface area contributed by atoms with E-state index in [4.69, 9.17) is 16.3 Å². The zero-order valence-electron chi connectivity index (χ0n) is 14.8. The first kappa shape index (κ1) is 19.5. The van der Waals surface area contributed by atoms with Crippen molar-refractivity contribution in [2.75, 3.05) is 12.4 Å². The lowest BCUT2D eigenvalue weighted by atomic mass is 9.97. The third kappa shape index (κ3) is 5.34. The van der Waals surface area contributed by atoms with Crippen molar-refractivity contribution in [2.24, 2.45) is 0 Å². The van der Waals surface area contributed by atoms with Crippen molar-refractivity contribution in [2.45, 2.75) is 12.5 Å². The summed E-state index contributed by atoms with van der Waals surface area (Å²) in [5, 5.41) is 4.08. The van der Waals surface area contributed by atoms with Crippen molar-refractivity contribution in [3.05, 3.63) is 93.4 Å². The summed E-state index contributed by atoms with van der Waals surface area (Å²) in [4.78, 5) is 12.8. The Morgan fingerprint density at radius 2 is 1.63 bits per heavy atom. The molecule has 3 aromatic carbocycles. The van der Waals surface area contributed by atoms with E-state index in [0.29, 0.717) is 17.0 Å². The van der Waals surface area contributed by atoms with Gasteiger partial charge in [-0.1, -0.05) is 39.7 Å². The summed E-state index contributed by atoms with van der Waals surface area (Å²) < 4.78 is 6.24. The minimum Gasteiger partial charge on any atom is -0.497 e. The molecule has 3 nitrogen and oxygen atoms in total. The Balaban J connectivity index is 1.84. The summed E-state index contributed by atoms with van der Waals surface area (Å²) in [6.07, 6.45) is 0.323. The summed E-state index contributed by atoms with van der Waals surface area (Å²) in [6, 6.07) is 22.5. The van der Waals surface area contributed by atoms with E-state index in [0.717, 1.165) is 21.5 Å². The summed E-state index contributed by atoms with van der Waals surface area (Å²) in [6.45, 7) is 0. The van der Waals surface area contributed by atoms with Gasteiger partial charge in [0.15, 0.2) is 5.78 Å². The molecule has 0 bridgehead atoms. The lowest BCUT2D eigenvalue weighted by Gasteiger charge is -2.20. The zero-order valence-corrected chi connectivity index (χ0v) is 17.1. The number of methoxy groups -OCH3 is 1. The number of benzene rings is 3. The van der Waals surface area contributed by atoms with Crippen LogP contribution in [-0.2, 0) is 0 Å². The molecule has 0 aliphatic heterocycles. The number of rotatable bonds is 7. The van der Waals surface area contributed by atoms with Crippen LogP contribution in [0.5, 0.6) is 5.75 Å². The molecule has 0 amide bonds. The number of anilines is 1. The number of halogens is 2. The molecule has 0 saturated carbocycles. The average Bonchev–Trinajstić information content (AvgIpc) is 2.69. The van der Waals surface area contributed by atoms with E-state index in [2.05, 4.69) is 21.2 Å². The summed E-state index contributed by atoms with van der Waals surface area (Å²) in [7, 11) is 1.64. The Hall–Kier alpha value is -2.30. The maximum Gasteiger partial charge on any atom is 0.165 e. The van der Waals surface area contributed by atoms with E-state index in [9.17, 15) is 4.79 Å². The molecule has 1 atom stereocenters. The van der Waals surface area contributed by atoms with Gasteiger partial charge in [-0.15, -0.1) is 0 Å². The molecular weight excluding hydrogens is 426 g/mol. The molecule has 0 aromatic heterocycles. The van der Waals surface area contributed by atoms with Gasteiger partial charge in [0.2, 0.25) is 0 Å². The molecule has 3 aromatic rings. The van der Waals surface area contributed by atoms with Crippen molar-refractivity contribution in [3.63, 3.8) is 0 Å². The fourth-order valence-corrected chi connectivity index (χ4v) is 3.17. The van der Waals surface area contributed by atoms with Crippen LogP contribution in [0.25, 0.3) is 0 Å². The van der Waals surface area contributed by atoms with Crippen LogP contribution >= 0.6 is 27.5 Å². The van der Waals surface area contributed by atoms with Gasteiger partial charge in [0.05, 0.1) is 13.2 Å². The lowest BCUT2D eigenvalue weighted by molar-refractivity contribution is 0.0976. The number of ketones is 1. The van der Waals surface area contributed by atoms with Crippen LogP contribution in [0.3, 0.4) is 0 Å². The smallest absolute Gasteiger partial charge is 0.165 e. The maximum atomic E-state index is 12.8. The molecule has 0 radical (unpaired) electrons. The van der Waals surface area contributed by atoms with Crippen LogP contribution in [0, 0.1) is 0 Å². The van der Waals surface area contributed by atoms with Gasteiger partial charge in [-0.05, 0) is 66.2 Å². The highest BCUT2D eigenvalue weighted by molar-refractivity contribution is 9.10. The molecule has 1 N–H and O–H groups in total. The summed E-state index contributed by atoms with van der Waals surface area (Å²) >= 11 is 9.37. The van der Waals surface area contributed by atoms with Crippen molar-refractivity contribution < 1.29 is 9.53 Å². The number of hydrogen-bond donors (Lipinski definition) is 1. The van der Waals surface area contributed by atoms with Crippen LogP contribution in [-0.4, -0.2) is 12.9 Å². The highest BCUT2D eigenvalue weighted by atomic mass is 79.9. The Bertz CT molecular complexity index is 893. The van der Waals surface area contributed by atoms with Crippen LogP contribution < -0.4 is 10.1 Å². The van der Waals surface area contributed by atoms with E-state index in [1.165, 1.54) is 0 Å². The third-order valence-corrected chi connectivity index (χ3v) is 5.04. The molecule has 3 rings (SSSR count). The number of carbonyl (C=O) groups is 1. The SMILES string of the molecule is COc1ccc(C(CC(=O)c2ccc(Cl)cc2)Nc2ccc(Br)cc2)cc1. The highest BCUT2D eigenvalue weighted by Gasteiger charge is 2.18. The van der Waals surface area contributed by atoms with Gasteiger partial charge in [-0.25, -0.2) is 0 Å². The monoisotopic (exact) mass is 443 g/mol.